The maximum absolute atomic E-state index is 10.1. The number of hydrogen-bond donors (Lipinski definition) is 4. The van der Waals surface area contributed by atoms with Crippen molar-refractivity contribution in [3.8, 4) is 0 Å². The number of aliphatic hydroxyl groups excluding tert-OH is 2. The molecule has 0 aliphatic rings. The first kappa shape index (κ1) is 24.6. The van der Waals surface area contributed by atoms with Gasteiger partial charge in [0, 0.05) is 12.5 Å². The standard InChI is InChI=1S/C10H20O2.C3H4O2.C2H6O2/c1-2-3-4-5-6-7-8-9-10(11)12;1-2-3(4)5;3-1-2-4/h2-9H2,1H3,(H,11,12);2H,1H2,(H,4,5);3-4H,1-2H2. The van der Waals surface area contributed by atoms with Crippen molar-refractivity contribution < 1.29 is 30.0 Å². The summed E-state index contributed by atoms with van der Waals surface area (Å²) < 4.78 is 0. The molecule has 0 unspecified atom stereocenters. The Labute approximate surface area is 127 Å². The molecule has 0 amide bonds. The first-order chi connectivity index (χ1) is 9.95. The van der Waals surface area contributed by atoms with Crippen LogP contribution in [0.3, 0.4) is 0 Å². The summed E-state index contributed by atoms with van der Waals surface area (Å²) in [6, 6.07) is 0. The average molecular weight is 306 g/mol. The number of carbonyl (C=O) groups is 2. The van der Waals surface area contributed by atoms with Crippen LogP contribution in [0, 0.1) is 0 Å². The minimum atomic E-state index is -0.981. The van der Waals surface area contributed by atoms with Crippen molar-refractivity contribution in [2.75, 3.05) is 13.2 Å². The van der Waals surface area contributed by atoms with Gasteiger partial charge in [0.15, 0.2) is 0 Å². The average Bonchev–Trinajstić information content (AvgIpc) is 2.47. The van der Waals surface area contributed by atoms with Crippen LogP contribution >= 0.6 is 0 Å². The van der Waals surface area contributed by atoms with E-state index < -0.39 is 11.9 Å². The maximum Gasteiger partial charge on any atom is 0.327 e. The van der Waals surface area contributed by atoms with E-state index in [0.717, 1.165) is 18.9 Å². The van der Waals surface area contributed by atoms with E-state index in [1.165, 1.54) is 32.1 Å². The van der Waals surface area contributed by atoms with Crippen LogP contribution in [-0.4, -0.2) is 45.6 Å². The number of aliphatic carboxylic acids is 2. The Kier molecular flexibility index (Phi) is 27.7. The summed E-state index contributed by atoms with van der Waals surface area (Å²) in [7, 11) is 0. The van der Waals surface area contributed by atoms with Gasteiger partial charge in [0.2, 0.25) is 0 Å². The first-order valence-corrected chi connectivity index (χ1v) is 7.25. The molecular formula is C15H30O6. The number of carboxylic acid groups (broad SMARTS) is 2. The van der Waals surface area contributed by atoms with E-state index in [4.69, 9.17) is 20.4 Å². The van der Waals surface area contributed by atoms with Crippen molar-refractivity contribution in [1.82, 2.24) is 0 Å². The van der Waals surface area contributed by atoms with Crippen LogP contribution in [0.25, 0.3) is 0 Å². The Morgan fingerprint density at radius 3 is 1.57 bits per heavy atom. The van der Waals surface area contributed by atoms with Crippen molar-refractivity contribution in [3.63, 3.8) is 0 Å². The molecule has 0 saturated heterocycles. The Bertz CT molecular complexity index is 238. The van der Waals surface area contributed by atoms with E-state index in [1.807, 2.05) is 0 Å². The summed E-state index contributed by atoms with van der Waals surface area (Å²) in [6.45, 7) is 4.91. The van der Waals surface area contributed by atoms with Crippen molar-refractivity contribution in [2.45, 2.75) is 58.3 Å². The fourth-order valence-electron chi connectivity index (χ4n) is 1.23. The van der Waals surface area contributed by atoms with Gasteiger partial charge in [0.05, 0.1) is 13.2 Å². The summed E-state index contributed by atoms with van der Waals surface area (Å²) in [5, 5.41) is 31.2. The van der Waals surface area contributed by atoms with Crippen LogP contribution in [0.4, 0.5) is 0 Å². The zero-order valence-corrected chi connectivity index (χ0v) is 13.0. The normalized spacial score (nSPS) is 8.71. The summed E-state index contributed by atoms with van der Waals surface area (Å²) >= 11 is 0. The Morgan fingerprint density at radius 2 is 1.29 bits per heavy atom. The molecule has 0 rings (SSSR count). The Morgan fingerprint density at radius 1 is 0.905 bits per heavy atom. The maximum atomic E-state index is 10.1. The van der Waals surface area contributed by atoms with Gasteiger partial charge in [0.25, 0.3) is 0 Å². The van der Waals surface area contributed by atoms with Crippen LogP contribution < -0.4 is 0 Å². The van der Waals surface area contributed by atoms with Gasteiger partial charge in [-0.1, -0.05) is 52.0 Å². The predicted molar refractivity (Wildman–Crippen MR) is 82.3 cm³/mol. The van der Waals surface area contributed by atoms with Gasteiger partial charge in [-0.2, -0.15) is 0 Å². The van der Waals surface area contributed by atoms with E-state index in [9.17, 15) is 9.59 Å². The molecule has 0 aliphatic carbocycles. The van der Waals surface area contributed by atoms with Gasteiger partial charge in [-0.25, -0.2) is 4.79 Å². The third-order valence-corrected chi connectivity index (χ3v) is 2.27. The highest BCUT2D eigenvalue weighted by molar-refractivity contribution is 5.78. The second-order valence-electron chi connectivity index (χ2n) is 4.25. The zero-order valence-electron chi connectivity index (χ0n) is 13.0. The number of aliphatic hydroxyl groups is 2. The van der Waals surface area contributed by atoms with Crippen molar-refractivity contribution in [1.29, 1.82) is 0 Å². The van der Waals surface area contributed by atoms with Crippen molar-refractivity contribution in [2.24, 2.45) is 0 Å². The topological polar surface area (TPSA) is 115 Å². The molecule has 0 heterocycles. The molecule has 0 bridgehead atoms. The second-order valence-corrected chi connectivity index (χ2v) is 4.25. The lowest BCUT2D eigenvalue weighted by molar-refractivity contribution is -0.137. The van der Waals surface area contributed by atoms with Crippen molar-refractivity contribution in [3.05, 3.63) is 12.7 Å². The number of hydrogen-bond acceptors (Lipinski definition) is 4. The molecule has 0 atom stereocenters. The quantitative estimate of drug-likeness (QED) is 0.364. The highest BCUT2D eigenvalue weighted by Crippen LogP contribution is 2.07. The third-order valence-electron chi connectivity index (χ3n) is 2.27. The third kappa shape index (κ3) is 45.6. The van der Waals surface area contributed by atoms with E-state index in [1.54, 1.807) is 0 Å². The number of unbranched alkanes of at least 4 members (excludes halogenated alkanes) is 6. The van der Waals surface area contributed by atoms with Gasteiger partial charge >= 0.3 is 11.9 Å². The van der Waals surface area contributed by atoms with Crippen LogP contribution in [0.5, 0.6) is 0 Å². The predicted octanol–water partition coefficient (Wildman–Crippen LogP) is 2.44. The molecule has 6 heteroatoms. The lowest BCUT2D eigenvalue weighted by Gasteiger charge is -1.98. The van der Waals surface area contributed by atoms with E-state index in [0.29, 0.717) is 6.42 Å². The van der Waals surface area contributed by atoms with Gasteiger partial charge in [-0.3, -0.25) is 4.79 Å². The molecule has 0 aromatic rings. The number of rotatable bonds is 10. The van der Waals surface area contributed by atoms with Crippen LogP contribution in [0.15, 0.2) is 12.7 Å². The molecule has 0 spiro atoms. The SMILES string of the molecule is C=CC(=O)O.CCCCCCCCCC(=O)O.OCCO. The highest BCUT2D eigenvalue weighted by Gasteiger charge is 1.95. The molecule has 0 aliphatic heterocycles. The molecule has 4 N–H and O–H groups in total. The van der Waals surface area contributed by atoms with Crippen LogP contribution in [0.2, 0.25) is 0 Å². The van der Waals surface area contributed by atoms with Gasteiger partial charge in [-0.05, 0) is 6.42 Å². The second kappa shape index (κ2) is 23.7. The van der Waals surface area contributed by atoms with Gasteiger partial charge in [0.1, 0.15) is 0 Å². The lowest BCUT2D eigenvalue weighted by atomic mass is 10.1. The molecule has 6 nitrogen and oxygen atoms in total. The summed E-state index contributed by atoms with van der Waals surface area (Å²) in [4.78, 5) is 19.4. The summed E-state index contributed by atoms with van der Waals surface area (Å²) in [5.74, 6) is -1.64. The Hall–Kier alpha value is -1.40. The fourth-order valence-corrected chi connectivity index (χ4v) is 1.23. The molecular weight excluding hydrogens is 276 g/mol. The Balaban J connectivity index is -0.000000297. The minimum Gasteiger partial charge on any atom is -0.481 e. The number of carboxylic acids is 2. The largest absolute Gasteiger partial charge is 0.481 e. The molecule has 0 aromatic carbocycles. The molecule has 21 heavy (non-hydrogen) atoms. The lowest BCUT2D eigenvalue weighted by Crippen LogP contribution is -1.93. The smallest absolute Gasteiger partial charge is 0.327 e. The van der Waals surface area contributed by atoms with E-state index in [2.05, 4.69) is 13.5 Å². The fraction of sp³-hybridized carbons (Fsp3) is 0.733. The van der Waals surface area contributed by atoms with Crippen LogP contribution in [-0.2, 0) is 9.59 Å². The first-order valence-electron chi connectivity index (χ1n) is 7.25. The zero-order chi connectivity index (χ0) is 16.9. The van der Waals surface area contributed by atoms with Crippen molar-refractivity contribution >= 4 is 11.9 Å². The molecule has 0 aromatic heterocycles. The molecule has 0 saturated carbocycles. The molecule has 126 valence electrons. The monoisotopic (exact) mass is 306 g/mol. The summed E-state index contributed by atoms with van der Waals surface area (Å²) in [6.07, 6.45) is 9.48. The van der Waals surface area contributed by atoms with E-state index >= 15 is 0 Å². The molecule has 0 radical (unpaired) electrons. The molecule has 0 fully saturated rings. The van der Waals surface area contributed by atoms with Gasteiger partial charge < -0.3 is 20.4 Å². The van der Waals surface area contributed by atoms with E-state index in [-0.39, 0.29) is 13.2 Å². The highest BCUT2D eigenvalue weighted by atomic mass is 16.4. The van der Waals surface area contributed by atoms with Crippen LogP contribution in [0.1, 0.15) is 58.3 Å². The minimum absolute atomic E-state index is 0.125. The summed E-state index contributed by atoms with van der Waals surface area (Å²) in [5.41, 5.74) is 0. The van der Waals surface area contributed by atoms with Gasteiger partial charge in [-0.15, -0.1) is 0 Å².